The van der Waals surface area contributed by atoms with E-state index in [4.69, 9.17) is 4.74 Å². The molecule has 0 amide bonds. The Bertz CT molecular complexity index is 724. The first-order valence-corrected chi connectivity index (χ1v) is 8.72. The Morgan fingerprint density at radius 3 is 2.67 bits per heavy atom. The van der Waals surface area contributed by atoms with Gasteiger partial charge in [0.1, 0.15) is 10.6 Å². The molecule has 2 N–H and O–H groups in total. The van der Waals surface area contributed by atoms with Gasteiger partial charge in [0.2, 0.25) is 0 Å². The highest BCUT2D eigenvalue weighted by atomic mass is 32.2. The molecular formula is C14H18N2O3S2. The predicted molar refractivity (Wildman–Crippen MR) is 85.6 cm³/mol. The van der Waals surface area contributed by atoms with Crippen molar-refractivity contribution in [3.8, 4) is 5.75 Å². The quantitative estimate of drug-likeness (QED) is 0.856. The molecule has 2 aromatic rings. The van der Waals surface area contributed by atoms with Crippen LogP contribution in [-0.2, 0) is 16.6 Å². The summed E-state index contributed by atoms with van der Waals surface area (Å²) in [6.07, 6.45) is 0. The SMILES string of the molecule is CNCc1sccc1S(=O)(=O)Nc1ccc(OC)cc1C. The Labute approximate surface area is 129 Å². The van der Waals surface area contributed by atoms with Crippen molar-refractivity contribution in [1.82, 2.24) is 5.32 Å². The van der Waals surface area contributed by atoms with Crippen molar-refractivity contribution < 1.29 is 13.2 Å². The molecule has 0 saturated carbocycles. The van der Waals surface area contributed by atoms with Gasteiger partial charge in [0.05, 0.1) is 12.8 Å². The van der Waals surface area contributed by atoms with Crippen LogP contribution in [0.15, 0.2) is 34.5 Å². The van der Waals surface area contributed by atoms with E-state index < -0.39 is 10.0 Å². The molecular weight excluding hydrogens is 308 g/mol. The zero-order valence-corrected chi connectivity index (χ0v) is 13.8. The van der Waals surface area contributed by atoms with E-state index in [1.807, 2.05) is 6.92 Å². The van der Waals surface area contributed by atoms with E-state index in [1.54, 1.807) is 43.8 Å². The van der Waals surface area contributed by atoms with Gasteiger partial charge in [-0.1, -0.05) is 0 Å². The molecule has 21 heavy (non-hydrogen) atoms. The standard InChI is InChI=1S/C14H18N2O3S2/c1-10-8-11(19-3)4-5-12(10)16-21(17,18)14-6-7-20-13(14)9-15-2/h4-8,15-16H,9H2,1-3H3. The van der Waals surface area contributed by atoms with Gasteiger partial charge in [-0.05, 0) is 49.2 Å². The van der Waals surface area contributed by atoms with E-state index in [1.165, 1.54) is 11.3 Å². The van der Waals surface area contributed by atoms with E-state index in [-0.39, 0.29) is 0 Å². The Morgan fingerprint density at radius 2 is 2.05 bits per heavy atom. The fourth-order valence-corrected chi connectivity index (χ4v) is 4.52. The maximum absolute atomic E-state index is 12.5. The molecule has 1 aromatic carbocycles. The number of methoxy groups -OCH3 is 1. The number of thiophene rings is 1. The van der Waals surface area contributed by atoms with Gasteiger partial charge >= 0.3 is 0 Å². The Hall–Kier alpha value is -1.57. The first kappa shape index (κ1) is 15.8. The largest absolute Gasteiger partial charge is 0.497 e. The molecule has 0 fully saturated rings. The lowest BCUT2D eigenvalue weighted by Crippen LogP contribution is -2.16. The van der Waals surface area contributed by atoms with Crippen molar-refractivity contribution in [2.75, 3.05) is 18.9 Å². The molecule has 114 valence electrons. The second-order valence-electron chi connectivity index (χ2n) is 4.52. The van der Waals surface area contributed by atoms with Crippen LogP contribution in [0, 0.1) is 6.92 Å². The third kappa shape index (κ3) is 3.55. The van der Waals surface area contributed by atoms with E-state index in [0.29, 0.717) is 22.9 Å². The molecule has 0 aliphatic rings. The van der Waals surface area contributed by atoms with Gasteiger partial charge in [0.15, 0.2) is 0 Å². The van der Waals surface area contributed by atoms with Crippen LogP contribution in [0.1, 0.15) is 10.4 Å². The lowest BCUT2D eigenvalue weighted by Gasteiger charge is -2.12. The summed E-state index contributed by atoms with van der Waals surface area (Å²) in [5.74, 6) is 0.696. The summed E-state index contributed by atoms with van der Waals surface area (Å²) in [5, 5.41) is 4.75. The minimum Gasteiger partial charge on any atom is -0.497 e. The van der Waals surface area contributed by atoms with Gasteiger partial charge in [-0.15, -0.1) is 11.3 Å². The van der Waals surface area contributed by atoms with Crippen molar-refractivity contribution in [3.05, 3.63) is 40.1 Å². The summed E-state index contributed by atoms with van der Waals surface area (Å²) in [7, 11) is -0.219. The molecule has 0 bridgehead atoms. The van der Waals surface area contributed by atoms with Crippen molar-refractivity contribution in [1.29, 1.82) is 0 Å². The summed E-state index contributed by atoms with van der Waals surface area (Å²) in [6, 6.07) is 6.85. The van der Waals surface area contributed by atoms with Gasteiger partial charge < -0.3 is 10.1 Å². The minimum atomic E-state index is -3.59. The molecule has 0 atom stereocenters. The lowest BCUT2D eigenvalue weighted by atomic mass is 10.2. The van der Waals surface area contributed by atoms with E-state index in [0.717, 1.165) is 10.4 Å². The molecule has 1 heterocycles. The lowest BCUT2D eigenvalue weighted by molar-refractivity contribution is 0.414. The monoisotopic (exact) mass is 326 g/mol. The Morgan fingerprint density at radius 1 is 1.29 bits per heavy atom. The number of nitrogens with one attached hydrogen (secondary N) is 2. The highest BCUT2D eigenvalue weighted by molar-refractivity contribution is 7.93. The van der Waals surface area contributed by atoms with E-state index >= 15 is 0 Å². The zero-order valence-electron chi connectivity index (χ0n) is 12.1. The second-order valence-corrected chi connectivity index (χ2v) is 7.18. The summed E-state index contributed by atoms with van der Waals surface area (Å²) in [6.45, 7) is 2.36. The summed E-state index contributed by atoms with van der Waals surface area (Å²) < 4.78 is 32.8. The van der Waals surface area contributed by atoms with Crippen LogP contribution in [0.3, 0.4) is 0 Å². The van der Waals surface area contributed by atoms with Crippen molar-refractivity contribution in [3.63, 3.8) is 0 Å². The number of benzene rings is 1. The first-order valence-electron chi connectivity index (χ1n) is 6.36. The molecule has 2 rings (SSSR count). The van der Waals surface area contributed by atoms with Gasteiger partial charge in [-0.2, -0.15) is 0 Å². The van der Waals surface area contributed by atoms with Crippen LogP contribution in [-0.4, -0.2) is 22.6 Å². The predicted octanol–water partition coefficient (Wildman–Crippen LogP) is 2.59. The molecule has 0 spiro atoms. The van der Waals surface area contributed by atoms with Gasteiger partial charge in [-0.3, -0.25) is 4.72 Å². The van der Waals surface area contributed by atoms with E-state index in [2.05, 4.69) is 10.0 Å². The van der Waals surface area contributed by atoms with Crippen LogP contribution >= 0.6 is 11.3 Å². The molecule has 0 radical (unpaired) electrons. The molecule has 7 heteroatoms. The zero-order chi connectivity index (χ0) is 15.5. The van der Waals surface area contributed by atoms with E-state index in [9.17, 15) is 8.42 Å². The number of hydrogen-bond acceptors (Lipinski definition) is 5. The summed E-state index contributed by atoms with van der Waals surface area (Å²) in [4.78, 5) is 1.10. The third-order valence-electron chi connectivity index (χ3n) is 3.01. The molecule has 1 aromatic heterocycles. The second kappa shape index (κ2) is 6.46. The van der Waals surface area contributed by atoms with Gasteiger partial charge in [0, 0.05) is 11.4 Å². The third-order valence-corrected chi connectivity index (χ3v) is 5.51. The Kier molecular flexibility index (Phi) is 4.87. The normalized spacial score (nSPS) is 11.4. The van der Waals surface area contributed by atoms with Crippen LogP contribution < -0.4 is 14.8 Å². The topological polar surface area (TPSA) is 67.4 Å². The fraction of sp³-hybridized carbons (Fsp3) is 0.286. The molecule has 0 aliphatic heterocycles. The molecule has 0 unspecified atom stereocenters. The maximum Gasteiger partial charge on any atom is 0.263 e. The van der Waals surface area contributed by atoms with Crippen LogP contribution in [0.25, 0.3) is 0 Å². The van der Waals surface area contributed by atoms with Crippen molar-refractivity contribution in [2.24, 2.45) is 0 Å². The number of sulfonamides is 1. The fourth-order valence-electron chi connectivity index (χ4n) is 1.94. The number of hydrogen-bond donors (Lipinski definition) is 2. The number of aryl methyl sites for hydroxylation is 1. The highest BCUT2D eigenvalue weighted by Crippen LogP contribution is 2.27. The van der Waals surface area contributed by atoms with Crippen LogP contribution in [0.5, 0.6) is 5.75 Å². The highest BCUT2D eigenvalue weighted by Gasteiger charge is 2.20. The van der Waals surface area contributed by atoms with Crippen LogP contribution in [0.2, 0.25) is 0 Å². The smallest absolute Gasteiger partial charge is 0.263 e. The van der Waals surface area contributed by atoms with Crippen molar-refractivity contribution >= 4 is 27.0 Å². The van der Waals surface area contributed by atoms with Gasteiger partial charge in [-0.25, -0.2) is 8.42 Å². The number of rotatable bonds is 6. The number of anilines is 1. The average molecular weight is 326 g/mol. The Balaban J connectivity index is 2.31. The minimum absolute atomic E-state index is 0.317. The first-order chi connectivity index (χ1) is 9.97. The molecule has 0 saturated heterocycles. The summed E-state index contributed by atoms with van der Waals surface area (Å²) >= 11 is 1.42. The summed E-state index contributed by atoms with van der Waals surface area (Å²) in [5.41, 5.74) is 1.36. The van der Waals surface area contributed by atoms with Crippen molar-refractivity contribution in [2.45, 2.75) is 18.4 Å². The molecule has 5 nitrogen and oxygen atoms in total. The molecule has 0 aliphatic carbocycles. The average Bonchev–Trinajstić information content (AvgIpc) is 2.90. The van der Waals surface area contributed by atoms with Crippen LogP contribution in [0.4, 0.5) is 5.69 Å². The number of ether oxygens (including phenoxy) is 1. The maximum atomic E-state index is 12.5. The van der Waals surface area contributed by atoms with Gasteiger partial charge in [0.25, 0.3) is 10.0 Å².